The minimum Gasteiger partial charge on any atom is -0.477 e. The lowest BCUT2D eigenvalue weighted by Crippen LogP contribution is -2.02. The van der Waals surface area contributed by atoms with Crippen molar-refractivity contribution >= 4 is 29.1 Å². The first-order chi connectivity index (χ1) is 7.75. The summed E-state index contributed by atoms with van der Waals surface area (Å²) in [5.74, 6) is -1.00. The van der Waals surface area contributed by atoms with Crippen molar-refractivity contribution in [2.75, 3.05) is 0 Å². The highest BCUT2D eigenvalue weighted by molar-refractivity contribution is 6.00. The zero-order valence-electron chi connectivity index (χ0n) is 8.68. The normalized spacial score (nSPS) is 10.4. The van der Waals surface area contributed by atoms with Crippen molar-refractivity contribution in [1.82, 2.24) is 9.97 Å². The zero-order chi connectivity index (χ0) is 11.1. The number of carboxylic acids is 1. The lowest BCUT2D eigenvalue weighted by molar-refractivity contribution is 0.0690. The molecule has 4 nitrogen and oxygen atoms in total. The van der Waals surface area contributed by atoms with Crippen molar-refractivity contribution in [2.24, 2.45) is 0 Å². The van der Waals surface area contributed by atoms with Crippen LogP contribution in [0.2, 0.25) is 0 Å². The van der Waals surface area contributed by atoms with Crippen LogP contribution in [0.1, 0.15) is 10.5 Å². The van der Waals surface area contributed by atoms with E-state index in [0.29, 0.717) is 0 Å². The van der Waals surface area contributed by atoms with Crippen LogP contribution in [0.15, 0.2) is 36.5 Å². The number of H-pyrrole nitrogens is 1. The Hall–Kier alpha value is -2.07. The van der Waals surface area contributed by atoms with Gasteiger partial charge in [0.25, 0.3) is 0 Å². The predicted octanol–water partition coefficient (Wildman–Crippen LogP) is 2.79. The maximum Gasteiger partial charge on any atom is 0.353 e. The monoisotopic (exact) mass is 248 g/mol. The Morgan fingerprint density at radius 2 is 2.06 bits per heavy atom. The Morgan fingerprint density at radius 3 is 2.82 bits per heavy atom. The van der Waals surface area contributed by atoms with Crippen LogP contribution in [0.3, 0.4) is 0 Å². The summed E-state index contributed by atoms with van der Waals surface area (Å²) in [6.07, 6.45) is 1.34. The molecule has 2 aliphatic rings. The molecule has 17 heavy (non-hydrogen) atoms. The van der Waals surface area contributed by atoms with E-state index in [4.69, 9.17) is 5.11 Å². The van der Waals surface area contributed by atoms with E-state index in [1.54, 1.807) is 0 Å². The Balaban J connectivity index is 0.00000108. The minimum atomic E-state index is -1.00. The van der Waals surface area contributed by atoms with E-state index in [9.17, 15) is 4.79 Å². The van der Waals surface area contributed by atoms with Crippen LogP contribution < -0.4 is 0 Å². The van der Waals surface area contributed by atoms with E-state index >= 15 is 0 Å². The number of carboxylic acid groups (broad SMARTS) is 1. The topological polar surface area (TPSA) is 66.0 Å². The zero-order valence-corrected chi connectivity index (χ0v) is 9.49. The van der Waals surface area contributed by atoms with E-state index in [-0.39, 0.29) is 18.1 Å². The molecule has 0 unspecified atom stereocenters. The van der Waals surface area contributed by atoms with Gasteiger partial charge in [-0.25, -0.2) is 4.79 Å². The molecule has 1 aromatic rings. The van der Waals surface area contributed by atoms with Gasteiger partial charge < -0.3 is 10.1 Å². The number of rotatable bonds is 1. The Labute approximate surface area is 103 Å². The highest BCUT2D eigenvalue weighted by atomic mass is 35.5. The minimum absolute atomic E-state index is 0. The van der Waals surface area contributed by atoms with Crippen LogP contribution in [0.5, 0.6) is 0 Å². The van der Waals surface area contributed by atoms with Gasteiger partial charge in [0.1, 0.15) is 5.69 Å². The van der Waals surface area contributed by atoms with Crippen molar-refractivity contribution in [3.63, 3.8) is 0 Å². The first-order valence-electron chi connectivity index (χ1n) is 4.85. The Kier molecular flexibility index (Phi) is 2.73. The summed E-state index contributed by atoms with van der Waals surface area (Å²) in [4.78, 5) is 17.8. The highest BCUT2D eigenvalue weighted by Gasteiger charge is 2.13. The Morgan fingerprint density at radius 1 is 1.29 bits per heavy atom. The molecule has 0 bridgehead atoms. The first-order valence-corrected chi connectivity index (χ1v) is 4.85. The SMILES string of the molecule is Cl.O=C(O)c1cnc2c3ccccc3cc-2[nH]1. The average molecular weight is 249 g/mol. The molecule has 0 fully saturated rings. The van der Waals surface area contributed by atoms with Gasteiger partial charge in [0, 0.05) is 5.39 Å². The van der Waals surface area contributed by atoms with Crippen LogP contribution in [0.4, 0.5) is 0 Å². The number of aromatic nitrogens is 2. The molecular formula is C12H9ClN2O2. The van der Waals surface area contributed by atoms with E-state index < -0.39 is 5.97 Å². The predicted molar refractivity (Wildman–Crippen MR) is 66.9 cm³/mol. The highest BCUT2D eigenvalue weighted by Crippen LogP contribution is 2.30. The number of nitrogens with zero attached hydrogens (tertiary/aromatic N) is 1. The number of carbonyl (C=O) groups is 1. The molecule has 0 saturated carbocycles. The second-order valence-corrected chi connectivity index (χ2v) is 3.60. The van der Waals surface area contributed by atoms with Gasteiger partial charge in [-0.1, -0.05) is 24.3 Å². The van der Waals surface area contributed by atoms with Gasteiger partial charge in [-0.05, 0) is 11.5 Å². The molecule has 0 atom stereocenters. The van der Waals surface area contributed by atoms with E-state index in [1.807, 2.05) is 30.3 Å². The summed E-state index contributed by atoms with van der Waals surface area (Å²) >= 11 is 0. The molecule has 1 heterocycles. The molecule has 0 amide bonds. The molecular weight excluding hydrogens is 240 g/mol. The lowest BCUT2D eigenvalue weighted by Gasteiger charge is -2.01. The van der Waals surface area contributed by atoms with Gasteiger partial charge in [-0.3, -0.25) is 4.98 Å². The maximum atomic E-state index is 10.8. The van der Waals surface area contributed by atoms with E-state index in [1.165, 1.54) is 6.20 Å². The molecule has 5 heteroatoms. The summed E-state index contributed by atoms with van der Waals surface area (Å²) in [5.41, 5.74) is 1.66. The number of aromatic carboxylic acids is 1. The smallest absolute Gasteiger partial charge is 0.353 e. The van der Waals surface area contributed by atoms with Gasteiger partial charge in [-0.2, -0.15) is 0 Å². The standard InChI is InChI=1S/C12H8N2O2.ClH/c15-12(16)10-6-13-11-8-4-2-1-3-7(8)5-9(11)14-10;/h1-6,14H,(H,15,16);1H. The molecule has 0 radical (unpaired) electrons. The summed E-state index contributed by atoms with van der Waals surface area (Å²) < 4.78 is 0. The Bertz CT molecular complexity index is 663. The summed E-state index contributed by atoms with van der Waals surface area (Å²) in [7, 11) is 0. The molecule has 0 aromatic heterocycles. The number of hydrogen-bond acceptors (Lipinski definition) is 2. The third kappa shape index (κ3) is 1.72. The van der Waals surface area contributed by atoms with Gasteiger partial charge in [0.05, 0.1) is 17.6 Å². The summed E-state index contributed by atoms with van der Waals surface area (Å²) in [6.45, 7) is 0. The number of halogens is 1. The second-order valence-electron chi connectivity index (χ2n) is 3.60. The van der Waals surface area contributed by atoms with E-state index in [2.05, 4.69) is 9.97 Å². The average Bonchev–Trinajstić information content (AvgIpc) is 2.66. The van der Waals surface area contributed by atoms with Crippen LogP contribution in [-0.2, 0) is 0 Å². The third-order valence-electron chi connectivity index (χ3n) is 2.59. The number of hydrogen-bond donors (Lipinski definition) is 2. The molecule has 0 spiro atoms. The molecule has 1 aliphatic heterocycles. The van der Waals surface area contributed by atoms with Crippen LogP contribution in [0, 0.1) is 0 Å². The van der Waals surface area contributed by atoms with Gasteiger partial charge >= 0.3 is 5.97 Å². The number of fused-ring (bicyclic) bond motifs is 3. The van der Waals surface area contributed by atoms with Gasteiger partial charge in [0.15, 0.2) is 0 Å². The maximum absolute atomic E-state index is 10.8. The van der Waals surface area contributed by atoms with Gasteiger partial charge in [-0.15, -0.1) is 12.4 Å². The van der Waals surface area contributed by atoms with Crippen molar-refractivity contribution < 1.29 is 9.90 Å². The third-order valence-corrected chi connectivity index (χ3v) is 2.59. The van der Waals surface area contributed by atoms with Crippen molar-refractivity contribution in [3.05, 3.63) is 42.2 Å². The van der Waals surface area contributed by atoms with Crippen LogP contribution >= 0.6 is 12.4 Å². The lowest BCUT2D eigenvalue weighted by atomic mass is 10.2. The number of benzene rings is 1. The molecule has 1 aliphatic carbocycles. The number of nitrogens with one attached hydrogen (secondary N) is 1. The summed E-state index contributed by atoms with van der Waals surface area (Å²) in [5, 5.41) is 10.9. The fourth-order valence-electron chi connectivity index (χ4n) is 1.86. The van der Waals surface area contributed by atoms with Gasteiger partial charge in [0.2, 0.25) is 0 Å². The summed E-state index contributed by atoms with van der Waals surface area (Å²) in [6, 6.07) is 9.74. The molecule has 1 aromatic carbocycles. The van der Waals surface area contributed by atoms with E-state index in [0.717, 1.165) is 22.2 Å². The molecule has 0 saturated heterocycles. The molecule has 86 valence electrons. The van der Waals surface area contributed by atoms with Crippen LogP contribution in [-0.4, -0.2) is 21.0 Å². The largest absolute Gasteiger partial charge is 0.477 e. The van der Waals surface area contributed by atoms with Crippen LogP contribution in [0.25, 0.3) is 22.2 Å². The van der Waals surface area contributed by atoms with Crippen molar-refractivity contribution in [2.45, 2.75) is 0 Å². The molecule has 3 rings (SSSR count). The first kappa shape index (κ1) is 11.4. The molecule has 2 N–H and O–H groups in total. The quantitative estimate of drug-likeness (QED) is 0.696. The van der Waals surface area contributed by atoms with Crippen molar-refractivity contribution in [3.8, 4) is 11.4 Å². The van der Waals surface area contributed by atoms with Crippen molar-refractivity contribution in [1.29, 1.82) is 0 Å². The second kappa shape index (κ2) is 4.07. The fraction of sp³-hybridized carbons (Fsp3) is 0. The fourth-order valence-corrected chi connectivity index (χ4v) is 1.86. The number of aromatic amines is 1.